The molecule has 1 aromatic carbocycles. The number of halogens is 2. The molecule has 0 fully saturated rings. The van der Waals surface area contributed by atoms with Crippen molar-refractivity contribution < 1.29 is 13.5 Å². The molecule has 0 aliphatic heterocycles. The van der Waals surface area contributed by atoms with Crippen molar-refractivity contribution in [3.05, 3.63) is 41.2 Å². The SMILES string of the molecule is Cc1c(NN)nc(C(C)C)nc1Oc1ccc(F)cc1F. The second-order valence-corrected chi connectivity index (χ2v) is 4.84. The zero-order valence-electron chi connectivity index (χ0n) is 11.9. The predicted octanol–water partition coefficient (Wildman–Crippen LogP) is 3.26. The molecule has 0 amide bonds. The topological polar surface area (TPSA) is 73.1 Å². The van der Waals surface area contributed by atoms with Gasteiger partial charge < -0.3 is 10.2 Å². The summed E-state index contributed by atoms with van der Waals surface area (Å²) in [5.41, 5.74) is 2.99. The van der Waals surface area contributed by atoms with Crippen LogP contribution in [0.1, 0.15) is 31.2 Å². The first kappa shape index (κ1) is 15.1. The third kappa shape index (κ3) is 3.25. The van der Waals surface area contributed by atoms with Crippen molar-refractivity contribution in [2.24, 2.45) is 5.84 Å². The summed E-state index contributed by atoms with van der Waals surface area (Å²) in [4.78, 5) is 8.50. The second kappa shape index (κ2) is 6.01. The molecule has 0 unspecified atom stereocenters. The highest BCUT2D eigenvalue weighted by atomic mass is 19.1. The van der Waals surface area contributed by atoms with Gasteiger partial charge in [0.1, 0.15) is 11.6 Å². The molecular weight excluding hydrogens is 278 g/mol. The van der Waals surface area contributed by atoms with Crippen molar-refractivity contribution in [1.29, 1.82) is 0 Å². The van der Waals surface area contributed by atoms with Crippen molar-refractivity contribution in [3.63, 3.8) is 0 Å². The Labute approximate surface area is 121 Å². The Bertz CT molecular complexity index is 662. The summed E-state index contributed by atoms with van der Waals surface area (Å²) in [6, 6.07) is 3.06. The van der Waals surface area contributed by atoms with Gasteiger partial charge in [0.05, 0.1) is 5.56 Å². The predicted molar refractivity (Wildman–Crippen MR) is 75.1 cm³/mol. The minimum Gasteiger partial charge on any atom is -0.435 e. The number of benzene rings is 1. The van der Waals surface area contributed by atoms with E-state index < -0.39 is 11.6 Å². The Morgan fingerprint density at radius 2 is 1.95 bits per heavy atom. The third-order valence-corrected chi connectivity index (χ3v) is 2.87. The number of hydrazine groups is 1. The molecule has 0 saturated heterocycles. The Kier molecular flexibility index (Phi) is 4.32. The molecule has 3 N–H and O–H groups in total. The number of nitrogens with zero attached hydrogens (tertiary/aromatic N) is 2. The number of anilines is 1. The van der Waals surface area contributed by atoms with E-state index in [0.29, 0.717) is 17.2 Å². The lowest BCUT2D eigenvalue weighted by molar-refractivity contribution is 0.417. The van der Waals surface area contributed by atoms with Crippen LogP contribution in [0.5, 0.6) is 11.6 Å². The maximum atomic E-state index is 13.7. The zero-order valence-corrected chi connectivity index (χ0v) is 11.9. The van der Waals surface area contributed by atoms with Crippen LogP contribution in [0, 0.1) is 18.6 Å². The van der Waals surface area contributed by atoms with E-state index in [-0.39, 0.29) is 17.5 Å². The average molecular weight is 294 g/mol. The average Bonchev–Trinajstić information content (AvgIpc) is 2.43. The van der Waals surface area contributed by atoms with Gasteiger partial charge in [0.2, 0.25) is 5.88 Å². The van der Waals surface area contributed by atoms with Crippen LogP contribution in [0.25, 0.3) is 0 Å². The van der Waals surface area contributed by atoms with Gasteiger partial charge in [-0.1, -0.05) is 13.8 Å². The molecule has 7 heteroatoms. The van der Waals surface area contributed by atoms with E-state index in [1.807, 2.05) is 13.8 Å². The van der Waals surface area contributed by atoms with E-state index >= 15 is 0 Å². The van der Waals surface area contributed by atoms with Crippen LogP contribution in [-0.2, 0) is 0 Å². The number of aromatic nitrogens is 2. The molecule has 0 radical (unpaired) electrons. The van der Waals surface area contributed by atoms with E-state index in [0.717, 1.165) is 12.1 Å². The van der Waals surface area contributed by atoms with Crippen LogP contribution in [0.4, 0.5) is 14.6 Å². The maximum Gasteiger partial charge on any atom is 0.227 e. The van der Waals surface area contributed by atoms with Crippen LogP contribution in [0.15, 0.2) is 18.2 Å². The van der Waals surface area contributed by atoms with Crippen molar-refractivity contribution >= 4 is 5.82 Å². The Balaban J connectivity index is 2.45. The minimum atomic E-state index is -0.804. The molecule has 0 bridgehead atoms. The highest BCUT2D eigenvalue weighted by Crippen LogP contribution is 2.30. The zero-order chi connectivity index (χ0) is 15.6. The molecule has 2 rings (SSSR count). The van der Waals surface area contributed by atoms with Gasteiger partial charge in [0.25, 0.3) is 0 Å². The quantitative estimate of drug-likeness (QED) is 0.669. The van der Waals surface area contributed by atoms with E-state index in [4.69, 9.17) is 10.6 Å². The lowest BCUT2D eigenvalue weighted by Gasteiger charge is -2.14. The number of hydrogen-bond acceptors (Lipinski definition) is 5. The Hall–Kier alpha value is -2.28. The Morgan fingerprint density at radius 1 is 1.24 bits per heavy atom. The van der Waals surface area contributed by atoms with Gasteiger partial charge in [0, 0.05) is 12.0 Å². The van der Waals surface area contributed by atoms with E-state index in [1.54, 1.807) is 6.92 Å². The summed E-state index contributed by atoms with van der Waals surface area (Å²) in [7, 11) is 0. The molecule has 0 saturated carbocycles. The van der Waals surface area contributed by atoms with Crippen LogP contribution < -0.4 is 16.0 Å². The number of nitrogen functional groups attached to an aromatic ring is 1. The number of ether oxygens (including phenoxy) is 1. The summed E-state index contributed by atoms with van der Waals surface area (Å²) in [6.45, 7) is 5.51. The molecule has 1 heterocycles. The van der Waals surface area contributed by atoms with Crippen LogP contribution in [-0.4, -0.2) is 9.97 Å². The number of rotatable bonds is 4. The van der Waals surface area contributed by atoms with Crippen molar-refractivity contribution in [3.8, 4) is 11.6 Å². The largest absolute Gasteiger partial charge is 0.435 e. The Morgan fingerprint density at radius 3 is 2.52 bits per heavy atom. The fourth-order valence-electron chi connectivity index (χ4n) is 1.67. The van der Waals surface area contributed by atoms with Gasteiger partial charge in [-0.2, -0.15) is 4.98 Å². The third-order valence-electron chi connectivity index (χ3n) is 2.87. The lowest BCUT2D eigenvalue weighted by atomic mass is 10.2. The molecule has 0 spiro atoms. The van der Waals surface area contributed by atoms with E-state index in [1.165, 1.54) is 6.07 Å². The van der Waals surface area contributed by atoms with Gasteiger partial charge in [0.15, 0.2) is 17.4 Å². The number of nitrogens with one attached hydrogen (secondary N) is 1. The van der Waals surface area contributed by atoms with Gasteiger partial charge in [-0.25, -0.2) is 19.6 Å². The first-order valence-electron chi connectivity index (χ1n) is 6.40. The molecule has 21 heavy (non-hydrogen) atoms. The smallest absolute Gasteiger partial charge is 0.227 e. The second-order valence-electron chi connectivity index (χ2n) is 4.84. The van der Waals surface area contributed by atoms with Gasteiger partial charge in [-0.05, 0) is 19.1 Å². The molecule has 112 valence electrons. The molecule has 1 aromatic heterocycles. The van der Waals surface area contributed by atoms with Crippen molar-refractivity contribution in [2.75, 3.05) is 5.43 Å². The standard InChI is InChI=1S/C14H16F2N4O/c1-7(2)12-18-13(20-17)8(3)14(19-12)21-11-5-4-9(15)6-10(11)16/h4-7H,17H2,1-3H3,(H,18,19,20). The monoisotopic (exact) mass is 294 g/mol. The van der Waals surface area contributed by atoms with Gasteiger partial charge >= 0.3 is 0 Å². The first-order chi connectivity index (χ1) is 9.92. The molecule has 0 aliphatic rings. The van der Waals surface area contributed by atoms with Gasteiger partial charge in [-0.3, -0.25) is 0 Å². The van der Waals surface area contributed by atoms with Crippen molar-refractivity contribution in [2.45, 2.75) is 26.7 Å². The molecular formula is C14H16F2N4O. The molecule has 5 nitrogen and oxygen atoms in total. The summed E-state index contributed by atoms with van der Waals surface area (Å²) in [5.74, 6) is 4.93. The summed E-state index contributed by atoms with van der Waals surface area (Å²) < 4.78 is 32.0. The molecule has 2 aromatic rings. The van der Waals surface area contributed by atoms with Crippen LogP contribution in [0.3, 0.4) is 0 Å². The summed E-state index contributed by atoms with van der Waals surface area (Å²) >= 11 is 0. The van der Waals surface area contributed by atoms with Gasteiger partial charge in [-0.15, -0.1) is 0 Å². The normalized spacial score (nSPS) is 10.8. The minimum absolute atomic E-state index is 0.0399. The van der Waals surface area contributed by atoms with Crippen molar-refractivity contribution in [1.82, 2.24) is 9.97 Å². The first-order valence-corrected chi connectivity index (χ1v) is 6.40. The number of hydrogen-bond donors (Lipinski definition) is 2. The number of nitrogens with two attached hydrogens (primary N) is 1. The van der Waals surface area contributed by atoms with Crippen LogP contribution in [0.2, 0.25) is 0 Å². The van der Waals surface area contributed by atoms with E-state index in [9.17, 15) is 8.78 Å². The van der Waals surface area contributed by atoms with E-state index in [2.05, 4.69) is 15.4 Å². The lowest BCUT2D eigenvalue weighted by Crippen LogP contribution is -2.13. The maximum absolute atomic E-state index is 13.7. The molecule has 0 atom stereocenters. The fourth-order valence-corrected chi connectivity index (χ4v) is 1.67. The highest BCUT2D eigenvalue weighted by molar-refractivity contribution is 5.49. The fraction of sp³-hybridized carbons (Fsp3) is 0.286. The molecule has 0 aliphatic carbocycles. The summed E-state index contributed by atoms with van der Waals surface area (Å²) in [6.07, 6.45) is 0. The summed E-state index contributed by atoms with van der Waals surface area (Å²) in [5, 5.41) is 0. The van der Waals surface area contributed by atoms with Crippen LogP contribution >= 0.6 is 0 Å². The highest BCUT2D eigenvalue weighted by Gasteiger charge is 2.16.